The molecule has 0 amide bonds. The molecule has 4 nitrogen and oxygen atoms in total. The molecule has 1 N–H and O–H groups in total. The Kier molecular flexibility index (Phi) is 9.36. The zero-order chi connectivity index (χ0) is 26.1. The van der Waals surface area contributed by atoms with Crippen molar-refractivity contribution in [3.63, 3.8) is 0 Å². The van der Waals surface area contributed by atoms with E-state index < -0.39 is 8.32 Å². The van der Waals surface area contributed by atoms with Crippen LogP contribution in [0.3, 0.4) is 0 Å². The summed E-state index contributed by atoms with van der Waals surface area (Å²) in [5.74, 6) is 0.529. The quantitative estimate of drug-likeness (QED) is 0.139. The maximum atomic E-state index is 9.90. The third-order valence-corrected chi connectivity index (χ3v) is 12.8. The minimum absolute atomic E-state index is 0.0437. The van der Waals surface area contributed by atoms with E-state index in [4.69, 9.17) is 9.16 Å². The Balaban J connectivity index is 1.40. The number of oxime groups is 1. The van der Waals surface area contributed by atoms with Crippen LogP contribution in [0.4, 0.5) is 0 Å². The van der Waals surface area contributed by atoms with E-state index in [1.165, 1.54) is 15.9 Å². The Morgan fingerprint density at radius 1 is 0.757 bits per heavy atom. The van der Waals surface area contributed by atoms with Crippen molar-refractivity contribution in [1.29, 1.82) is 0 Å². The summed E-state index contributed by atoms with van der Waals surface area (Å²) in [7, 11) is -2.55. The van der Waals surface area contributed by atoms with E-state index in [2.05, 4.69) is 98.7 Å². The highest BCUT2D eigenvalue weighted by atomic mass is 28.4. The van der Waals surface area contributed by atoms with Crippen molar-refractivity contribution >= 4 is 24.4 Å². The van der Waals surface area contributed by atoms with Crippen LogP contribution in [0, 0.1) is 11.8 Å². The monoisotopic (exact) mass is 515 g/mol. The molecule has 1 fully saturated rings. The van der Waals surface area contributed by atoms with E-state index in [0.29, 0.717) is 19.8 Å². The van der Waals surface area contributed by atoms with Gasteiger partial charge in [0.05, 0.1) is 12.3 Å². The Labute approximate surface area is 223 Å². The van der Waals surface area contributed by atoms with Crippen LogP contribution in [0.25, 0.3) is 0 Å². The summed E-state index contributed by atoms with van der Waals surface area (Å²) in [5, 5.41) is 16.2. The summed E-state index contributed by atoms with van der Waals surface area (Å²) >= 11 is 0. The third kappa shape index (κ3) is 6.40. The van der Waals surface area contributed by atoms with Crippen LogP contribution in [-0.2, 0) is 15.8 Å². The van der Waals surface area contributed by atoms with Crippen LogP contribution in [-0.4, -0.2) is 32.5 Å². The van der Waals surface area contributed by atoms with Crippen LogP contribution >= 0.6 is 0 Å². The van der Waals surface area contributed by atoms with E-state index in [1.54, 1.807) is 0 Å². The maximum absolute atomic E-state index is 9.90. The van der Waals surface area contributed by atoms with Gasteiger partial charge in [-0.25, -0.2) is 0 Å². The fraction of sp³-hybridized carbons (Fsp3) is 0.406. The smallest absolute Gasteiger partial charge is 0.261 e. The lowest BCUT2D eigenvalue weighted by Crippen LogP contribution is -2.66. The SMILES string of the molecule is CC(C)(C)[Si](OCCC1CCC(CCOCc2ccccc2)/C1=N/O)(c1ccccc1)c1ccccc1. The molecule has 0 spiro atoms. The Hall–Kier alpha value is -2.73. The van der Waals surface area contributed by atoms with Gasteiger partial charge in [-0.05, 0) is 46.7 Å². The van der Waals surface area contributed by atoms with Crippen molar-refractivity contribution in [2.45, 2.75) is 58.1 Å². The average Bonchev–Trinajstić information content (AvgIpc) is 3.31. The maximum Gasteiger partial charge on any atom is 0.261 e. The molecular formula is C32H41NO3Si. The molecule has 3 aromatic carbocycles. The molecule has 37 heavy (non-hydrogen) atoms. The van der Waals surface area contributed by atoms with Crippen LogP contribution in [0.5, 0.6) is 0 Å². The van der Waals surface area contributed by atoms with Crippen LogP contribution < -0.4 is 10.4 Å². The molecule has 0 saturated heterocycles. The molecule has 196 valence electrons. The molecule has 1 saturated carbocycles. The molecular weight excluding hydrogens is 474 g/mol. The van der Waals surface area contributed by atoms with E-state index in [0.717, 1.165) is 31.4 Å². The van der Waals surface area contributed by atoms with Gasteiger partial charge >= 0.3 is 0 Å². The van der Waals surface area contributed by atoms with Gasteiger partial charge in [0, 0.05) is 25.0 Å². The highest BCUT2D eigenvalue weighted by Crippen LogP contribution is 2.38. The number of hydrogen-bond donors (Lipinski definition) is 1. The van der Waals surface area contributed by atoms with Crippen LogP contribution in [0.1, 0.15) is 52.0 Å². The van der Waals surface area contributed by atoms with E-state index >= 15 is 0 Å². The molecule has 0 bridgehead atoms. The molecule has 1 aliphatic carbocycles. The molecule has 2 atom stereocenters. The fourth-order valence-electron chi connectivity index (χ4n) is 5.88. The van der Waals surface area contributed by atoms with E-state index in [-0.39, 0.29) is 16.9 Å². The molecule has 5 heteroatoms. The highest BCUT2D eigenvalue weighted by molar-refractivity contribution is 6.99. The van der Waals surface area contributed by atoms with Gasteiger partial charge < -0.3 is 14.4 Å². The summed E-state index contributed by atoms with van der Waals surface area (Å²) in [6.45, 7) is 8.86. The van der Waals surface area contributed by atoms with Gasteiger partial charge in [0.15, 0.2) is 0 Å². The van der Waals surface area contributed by atoms with Crippen molar-refractivity contribution in [2.24, 2.45) is 17.0 Å². The summed E-state index contributed by atoms with van der Waals surface area (Å²) in [6.07, 6.45) is 3.83. The summed E-state index contributed by atoms with van der Waals surface area (Å²) in [5.41, 5.74) is 2.11. The molecule has 0 aliphatic heterocycles. The molecule has 4 rings (SSSR count). The second-order valence-corrected chi connectivity index (χ2v) is 15.4. The number of nitrogens with zero attached hydrogens (tertiary/aromatic N) is 1. The van der Waals surface area contributed by atoms with Gasteiger partial charge in [-0.2, -0.15) is 0 Å². The molecule has 3 aromatic rings. The van der Waals surface area contributed by atoms with Gasteiger partial charge in [0.2, 0.25) is 0 Å². The molecule has 0 aromatic heterocycles. The number of hydrogen-bond acceptors (Lipinski definition) is 4. The predicted octanol–water partition coefficient (Wildman–Crippen LogP) is 6.42. The van der Waals surface area contributed by atoms with Crippen molar-refractivity contribution in [3.05, 3.63) is 96.6 Å². The third-order valence-electron chi connectivity index (χ3n) is 7.74. The lowest BCUT2D eigenvalue weighted by atomic mass is 9.97. The van der Waals surface area contributed by atoms with Gasteiger partial charge in [0.1, 0.15) is 0 Å². The first kappa shape index (κ1) is 27.3. The molecule has 0 heterocycles. The largest absolute Gasteiger partial charge is 0.411 e. The first-order valence-corrected chi connectivity index (χ1v) is 15.4. The Bertz CT molecular complexity index is 1070. The predicted molar refractivity (Wildman–Crippen MR) is 154 cm³/mol. The Morgan fingerprint density at radius 3 is 1.73 bits per heavy atom. The minimum atomic E-state index is -2.55. The van der Waals surface area contributed by atoms with Gasteiger partial charge in [-0.3, -0.25) is 0 Å². The average molecular weight is 516 g/mol. The zero-order valence-corrected chi connectivity index (χ0v) is 23.5. The van der Waals surface area contributed by atoms with E-state index in [9.17, 15) is 5.21 Å². The number of rotatable bonds is 11. The van der Waals surface area contributed by atoms with E-state index in [1.807, 2.05) is 18.2 Å². The Morgan fingerprint density at radius 2 is 1.24 bits per heavy atom. The van der Waals surface area contributed by atoms with Crippen molar-refractivity contribution in [2.75, 3.05) is 13.2 Å². The fourth-order valence-corrected chi connectivity index (χ4v) is 10.5. The van der Waals surface area contributed by atoms with Gasteiger partial charge in [-0.1, -0.05) is 117 Å². The van der Waals surface area contributed by atoms with Gasteiger partial charge in [-0.15, -0.1) is 0 Å². The lowest BCUT2D eigenvalue weighted by Gasteiger charge is -2.43. The van der Waals surface area contributed by atoms with Crippen molar-refractivity contribution in [3.8, 4) is 0 Å². The summed E-state index contributed by atoms with van der Waals surface area (Å²) < 4.78 is 13.0. The lowest BCUT2D eigenvalue weighted by molar-refractivity contribution is 0.112. The summed E-state index contributed by atoms with van der Waals surface area (Å²) in [4.78, 5) is 0. The first-order valence-electron chi connectivity index (χ1n) is 13.5. The second kappa shape index (κ2) is 12.7. The van der Waals surface area contributed by atoms with Gasteiger partial charge in [0.25, 0.3) is 8.32 Å². The normalized spacial score (nSPS) is 19.4. The van der Waals surface area contributed by atoms with Crippen molar-refractivity contribution in [1.82, 2.24) is 0 Å². The highest BCUT2D eigenvalue weighted by Gasteiger charge is 2.50. The minimum Gasteiger partial charge on any atom is -0.411 e. The standard InChI is InChI=1S/C32H41NO3Si/c1-32(2,3)37(29-15-9-5-10-16-29,30-17-11-6-12-18-30)36-24-22-28-20-19-27(31(28)33-34)21-23-35-25-26-13-7-4-8-14-26/h4-18,27-28,34H,19-25H2,1-3H3/b33-31-. The molecule has 1 aliphatic rings. The molecule has 0 radical (unpaired) electrons. The topological polar surface area (TPSA) is 51.0 Å². The summed E-state index contributed by atoms with van der Waals surface area (Å²) in [6, 6.07) is 31.8. The molecule has 2 unspecified atom stereocenters. The second-order valence-electron chi connectivity index (χ2n) is 11.1. The van der Waals surface area contributed by atoms with Crippen LogP contribution in [0.2, 0.25) is 5.04 Å². The number of benzene rings is 3. The number of ether oxygens (including phenoxy) is 1. The zero-order valence-electron chi connectivity index (χ0n) is 22.5. The van der Waals surface area contributed by atoms with Crippen LogP contribution in [0.15, 0.2) is 96.2 Å². The van der Waals surface area contributed by atoms with Crippen molar-refractivity contribution < 1.29 is 14.4 Å². The first-order chi connectivity index (χ1) is 18.0.